The van der Waals surface area contributed by atoms with Crippen LogP contribution in [-0.4, -0.2) is 23.0 Å². The molecular formula is C16H22O3S. The smallest absolute Gasteiger partial charge is 0.308 e. The van der Waals surface area contributed by atoms with Gasteiger partial charge in [0.15, 0.2) is 0 Å². The van der Waals surface area contributed by atoms with E-state index in [-0.39, 0.29) is 17.8 Å². The molecule has 0 amide bonds. The van der Waals surface area contributed by atoms with Crippen LogP contribution in [0.25, 0.3) is 0 Å². The Bertz CT molecular complexity index is 481. The summed E-state index contributed by atoms with van der Waals surface area (Å²) in [4.78, 5) is 12.7. The van der Waals surface area contributed by atoms with Crippen molar-refractivity contribution in [3.8, 4) is 0 Å². The summed E-state index contributed by atoms with van der Waals surface area (Å²) in [6.45, 7) is 2.02. The van der Waals surface area contributed by atoms with Gasteiger partial charge in [0.1, 0.15) is 0 Å². The maximum absolute atomic E-state index is 12.4. The highest BCUT2D eigenvalue weighted by Gasteiger charge is 2.32. The van der Waals surface area contributed by atoms with Crippen molar-refractivity contribution in [2.24, 2.45) is 11.8 Å². The fourth-order valence-corrected chi connectivity index (χ4v) is 4.27. The maximum Gasteiger partial charge on any atom is 0.308 e. The number of esters is 1. The summed E-state index contributed by atoms with van der Waals surface area (Å²) >= 11 is 0. The Hall–Kier alpha value is -1.16. The summed E-state index contributed by atoms with van der Waals surface area (Å²) in [5.74, 6) is 0.514. The fraction of sp³-hybridized carbons (Fsp3) is 0.562. The molecule has 1 fully saturated rings. The molecule has 1 saturated carbocycles. The van der Waals surface area contributed by atoms with E-state index in [0.717, 1.165) is 36.1 Å². The summed E-state index contributed by atoms with van der Waals surface area (Å²) in [5, 5.41) is 0. The third-order valence-electron chi connectivity index (χ3n) is 4.06. The van der Waals surface area contributed by atoms with Gasteiger partial charge in [-0.3, -0.25) is 9.00 Å². The predicted molar refractivity (Wildman–Crippen MR) is 79.9 cm³/mol. The number of hydrogen-bond acceptors (Lipinski definition) is 3. The van der Waals surface area contributed by atoms with Gasteiger partial charge in [-0.2, -0.15) is 0 Å². The van der Waals surface area contributed by atoms with E-state index in [0.29, 0.717) is 5.75 Å². The first-order valence-corrected chi connectivity index (χ1v) is 8.46. The van der Waals surface area contributed by atoms with Gasteiger partial charge in [0, 0.05) is 10.6 Å². The average molecular weight is 294 g/mol. The molecule has 1 aromatic carbocycles. The van der Waals surface area contributed by atoms with Gasteiger partial charge in [-0.05, 0) is 37.8 Å². The van der Waals surface area contributed by atoms with Crippen molar-refractivity contribution in [1.29, 1.82) is 0 Å². The van der Waals surface area contributed by atoms with Crippen LogP contribution < -0.4 is 0 Å². The lowest BCUT2D eigenvalue weighted by molar-refractivity contribution is -0.148. The van der Waals surface area contributed by atoms with Gasteiger partial charge < -0.3 is 4.74 Å². The van der Waals surface area contributed by atoms with Crippen molar-refractivity contribution in [3.63, 3.8) is 0 Å². The Balaban J connectivity index is 2.04. The first-order chi connectivity index (χ1) is 9.61. The molecule has 1 aromatic rings. The van der Waals surface area contributed by atoms with Gasteiger partial charge in [0.25, 0.3) is 0 Å². The van der Waals surface area contributed by atoms with E-state index in [1.54, 1.807) is 0 Å². The van der Waals surface area contributed by atoms with Gasteiger partial charge in [-0.15, -0.1) is 0 Å². The number of hydrogen-bond donors (Lipinski definition) is 0. The zero-order valence-corrected chi connectivity index (χ0v) is 12.9. The van der Waals surface area contributed by atoms with Gasteiger partial charge in [-0.25, -0.2) is 0 Å². The third kappa shape index (κ3) is 3.69. The van der Waals surface area contributed by atoms with Crippen LogP contribution in [0.1, 0.15) is 31.2 Å². The van der Waals surface area contributed by atoms with Crippen molar-refractivity contribution in [2.45, 2.75) is 37.5 Å². The molecule has 20 heavy (non-hydrogen) atoms. The highest BCUT2D eigenvalue weighted by atomic mass is 32.2. The summed E-state index contributed by atoms with van der Waals surface area (Å²) in [6.07, 6.45) is 4.01. The molecule has 0 N–H and O–H groups in total. The average Bonchev–Trinajstić information content (AvgIpc) is 2.47. The molecule has 0 heterocycles. The van der Waals surface area contributed by atoms with Crippen LogP contribution in [0, 0.1) is 18.8 Å². The number of aryl methyl sites for hydroxylation is 1. The van der Waals surface area contributed by atoms with Crippen LogP contribution >= 0.6 is 0 Å². The quantitative estimate of drug-likeness (QED) is 0.802. The van der Waals surface area contributed by atoms with Gasteiger partial charge in [0.05, 0.1) is 23.8 Å². The molecule has 4 heteroatoms. The van der Waals surface area contributed by atoms with Crippen molar-refractivity contribution in [2.75, 3.05) is 12.9 Å². The number of carbonyl (C=O) groups excluding carboxylic acids is 1. The largest absolute Gasteiger partial charge is 0.469 e. The maximum atomic E-state index is 12.4. The second-order valence-corrected chi connectivity index (χ2v) is 7.00. The second-order valence-electron chi connectivity index (χ2n) is 5.50. The molecule has 3 atom stereocenters. The zero-order chi connectivity index (χ0) is 14.5. The minimum absolute atomic E-state index is 0.0804. The number of benzene rings is 1. The molecule has 0 spiro atoms. The van der Waals surface area contributed by atoms with Crippen LogP contribution in [-0.2, 0) is 20.3 Å². The lowest BCUT2D eigenvalue weighted by Crippen LogP contribution is -2.31. The normalized spacial score (nSPS) is 24.1. The van der Waals surface area contributed by atoms with Gasteiger partial charge >= 0.3 is 5.97 Å². The van der Waals surface area contributed by atoms with Crippen LogP contribution in [0.5, 0.6) is 0 Å². The van der Waals surface area contributed by atoms with Crippen molar-refractivity contribution < 1.29 is 13.7 Å². The molecule has 1 aliphatic rings. The van der Waals surface area contributed by atoms with Gasteiger partial charge in [0.2, 0.25) is 0 Å². The van der Waals surface area contributed by atoms with Crippen LogP contribution in [0.2, 0.25) is 0 Å². The second kappa shape index (κ2) is 7.02. The predicted octanol–water partition coefficient (Wildman–Crippen LogP) is 3.08. The van der Waals surface area contributed by atoms with E-state index >= 15 is 0 Å². The monoisotopic (exact) mass is 294 g/mol. The van der Waals surface area contributed by atoms with E-state index < -0.39 is 10.8 Å². The number of carbonyl (C=O) groups is 1. The summed E-state index contributed by atoms with van der Waals surface area (Å²) in [7, 11) is 0.399. The minimum Gasteiger partial charge on any atom is -0.469 e. The van der Waals surface area contributed by atoms with Crippen molar-refractivity contribution >= 4 is 16.8 Å². The Morgan fingerprint density at radius 1 is 1.25 bits per heavy atom. The van der Waals surface area contributed by atoms with Crippen LogP contribution in [0.15, 0.2) is 29.2 Å². The molecule has 110 valence electrons. The van der Waals surface area contributed by atoms with Crippen LogP contribution in [0.4, 0.5) is 0 Å². The topological polar surface area (TPSA) is 43.4 Å². The summed E-state index contributed by atoms with van der Waals surface area (Å²) in [6, 6.07) is 7.79. The van der Waals surface area contributed by atoms with E-state index in [4.69, 9.17) is 4.74 Å². The Kier molecular flexibility index (Phi) is 5.35. The van der Waals surface area contributed by atoms with E-state index in [2.05, 4.69) is 0 Å². The zero-order valence-electron chi connectivity index (χ0n) is 12.1. The Morgan fingerprint density at radius 2 is 1.90 bits per heavy atom. The molecule has 1 unspecified atom stereocenters. The standard InChI is InChI=1S/C16H22O3S/c1-12-7-9-14(10-8-12)20(18)11-13-5-3-4-6-15(13)16(17)19-2/h7-10,13,15H,3-6,11H2,1-2H3/t13-,15-,20?/m0/s1. The molecule has 3 nitrogen and oxygen atoms in total. The summed E-state index contributed by atoms with van der Waals surface area (Å²) in [5.41, 5.74) is 1.16. The van der Waals surface area contributed by atoms with Crippen molar-refractivity contribution in [1.82, 2.24) is 0 Å². The lowest BCUT2D eigenvalue weighted by Gasteiger charge is -2.29. The highest BCUT2D eigenvalue weighted by molar-refractivity contribution is 7.85. The number of methoxy groups -OCH3 is 1. The van der Waals surface area contributed by atoms with E-state index in [9.17, 15) is 9.00 Å². The van der Waals surface area contributed by atoms with Crippen molar-refractivity contribution in [3.05, 3.63) is 29.8 Å². The minimum atomic E-state index is -1.04. The molecule has 0 aromatic heterocycles. The lowest BCUT2D eigenvalue weighted by atomic mass is 9.80. The van der Waals surface area contributed by atoms with Gasteiger partial charge in [-0.1, -0.05) is 30.5 Å². The molecule has 0 saturated heterocycles. The third-order valence-corrected chi connectivity index (χ3v) is 5.59. The molecule has 2 rings (SSSR count). The molecular weight excluding hydrogens is 272 g/mol. The summed E-state index contributed by atoms with van der Waals surface area (Å²) < 4.78 is 17.3. The first-order valence-electron chi connectivity index (χ1n) is 7.14. The molecule has 0 bridgehead atoms. The number of rotatable bonds is 4. The Labute approximate surface area is 123 Å². The van der Waals surface area contributed by atoms with E-state index in [1.807, 2.05) is 31.2 Å². The van der Waals surface area contributed by atoms with E-state index in [1.165, 1.54) is 7.11 Å². The SMILES string of the molecule is COC(=O)[C@H]1CCCC[C@H]1CS(=O)c1ccc(C)cc1. The first kappa shape index (κ1) is 15.2. The highest BCUT2D eigenvalue weighted by Crippen LogP contribution is 2.32. The Morgan fingerprint density at radius 3 is 2.55 bits per heavy atom. The molecule has 1 aliphatic carbocycles. The molecule has 0 aliphatic heterocycles. The molecule has 0 radical (unpaired) electrons. The fourth-order valence-electron chi connectivity index (χ4n) is 2.85. The van der Waals surface area contributed by atoms with Crippen LogP contribution in [0.3, 0.4) is 0 Å². The number of ether oxygens (including phenoxy) is 1.